The molecule has 0 aliphatic carbocycles. The minimum absolute atomic E-state index is 0.140. The molecule has 0 bridgehead atoms. The van der Waals surface area contributed by atoms with Crippen LogP contribution in [-0.4, -0.2) is 47.7 Å². The fourth-order valence-corrected chi connectivity index (χ4v) is 4.79. The molecule has 21 heavy (non-hydrogen) atoms. The molecule has 2 N–H and O–H groups in total. The van der Waals surface area contributed by atoms with Crippen molar-refractivity contribution >= 4 is 39.1 Å². The predicted octanol–water partition coefficient (Wildman–Crippen LogP) is -0.128. The molecule has 0 atom stereocenters. The summed E-state index contributed by atoms with van der Waals surface area (Å²) in [4.78, 5) is 33.9. The van der Waals surface area contributed by atoms with Gasteiger partial charge in [-0.2, -0.15) is 4.31 Å². The molecule has 1 aliphatic heterocycles. The zero-order valence-electron chi connectivity index (χ0n) is 11.1. The van der Waals surface area contributed by atoms with Gasteiger partial charge in [0.25, 0.3) is 10.0 Å². The maximum absolute atomic E-state index is 12.5. The van der Waals surface area contributed by atoms with E-state index in [0.717, 1.165) is 10.4 Å². The van der Waals surface area contributed by atoms with Crippen LogP contribution in [0.5, 0.6) is 0 Å². The van der Waals surface area contributed by atoms with Gasteiger partial charge in [-0.25, -0.2) is 13.2 Å². The average molecular weight is 332 g/mol. The third-order valence-corrected chi connectivity index (χ3v) is 6.62. The standard InChI is InChI=1S/C11H12N2O6S2/c1-11(2)10(17)12-7(14)5-13(11)21(18,19)8-4-3-6(20-8)9(15)16/h3-4H,5H2,1-2H3,(H,15,16)(H,12,14,17). The highest BCUT2D eigenvalue weighted by molar-refractivity contribution is 7.91. The molecule has 0 saturated carbocycles. The van der Waals surface area contributed by atoms with Crippen LogP contribution in [0.15, 0.2) is 16.3 Å². The number of sulfonamides is 1. The quantitative estimate of drug-likeness (QED) is 0.744. The second-order valence-electron chi connectivity index (χ2n) is 4.87. The maximum atomic E-state index is 12.5. The van der Waals surface area contributed by atoms with Gasteiger partial charge in [0.05, 0.1) is 6.54 Å². The van der Waals surface area contributed by atoms with Crippen molar-refractivity contribution in [3.63, 3.8) is 0 Å². The Morgan fingerprint density at radius 1 is 1.38 bits per heavy atom. The van der Waals surface area contributed by atoms with Crippen LogP contribution in [0.25, 0.3) is 0 Å². The van der Waals surface area contributed by atoms with Gasteiger partial charge >= 0.3 is 5.97 Å². The number of hydrogen-bond donors (Lipinski definition) is 2. The molecule has 2 amide bonds. The fraction of sp³-hybridized carbons (Fsp3) is 0.364. The summed E-state index contributed by atoms with van der Waals surface area (Å²) in [5.41, 5.74) is -1.44. The molecule has 8 nitrogen and oxygen atoms in total. The van der Waals surface area contributed by atoms with Crippen LogP contribution in [0, 0.1) is 0 Å². The van der Waals surface area contributed by atoms with Crippen LogP contribution >= 0.6 is 11.3 Å². The minimum Gasteiger partial charge on any atom is -0.477 e. The first-order valence-electron chi connectivity index (χ1n) is 5.77. The average Bonchev–Trinajstić information content (AvgIpc) is 2.84. The molecule has 2 heterocycles. The molecule has 0 spiro atoms. The monoisotopic (exact) mass is 332 g/mol. The first-order chi connectivity index (χ1) is 9.56. The third kappa shape index (κ3) is 2.57. The van der Waals surface area contributed by atoms with Crippen molar-refractivity contribution in [2.45, 2.75) is 23.6 Å². The first kappa shape index (κ1) is 15.6. The molecule has 10 heteroatoms. The van der Waals surface area contributed by atoms with Gasteiger partial charge < -0.3 is 5.11 Å². The molecule has 0 aromatic carbocycles. The smallest absolute Gasteiger partial charge is 0.345 e. The molecule has 114 valence electrons. The summed E-state index contributed by atoms with van der Waals surface area (Å²) < 4.78 is 25.6. The highest BCUT2D eigenvalue weighted by atomic mass is 32.2. The number of rotatable bonds is 3. The minimum atomic E-state index is -4.14. The number of carbonyl (C=O) groups excluding carboxylic acids is 2. The lowest BCUT2D eigenvalue weighted by Crippen LogP contribution is -2.65. The van der Waals surface area contributed by atoms with E-state index in [1.807, 2.05) is 0 Å². The van der Waals surface area contributed by atoms with Gasteiger partial charge in [0.2, 0.25) is 11.8 Å². The normalized spacial score (nSPS) is 19.3. The Morgan fingerprint density at radius 2 is 2.00 bits per heavy atom. The number of carboxylic acids is 1. The summed E-state index contributed by atoms with van der Waals surface area (Å²) >= 11 is 0.573. The predicted molar refractivity (Wildman–Crippen MR) is 72.4 cm³/mol. The Hall–Kier alpha value is -1.78. The summed E-state index contributed by atoms with van der Waals surface area (Å²) in [7, 11) is -4.14. The van der Waals surface area contributed by atoms with Crippen molar-refractivity contribution in [2.75, 3.05) is 6.54 Å². The van der Waals surface area contributed by atoms with Gasteiger partial charge in [0, 0.05) is 0 Å². The van der Waals surface area contributed by atoms with Gasteiger partial charge in [0.15, 0.2) is 0 Å². The van der Waals surface area contributed by atoms with Crippen molar-refractivity contribution in [3.05, 3.63) is 17.0 Å². The van der Waals surface area contributed by atoms with Gasteiger partial charge in [-0.1, -0.05) is 0 Å². The summed E-state index contributed by atoms with van der Waals surface area (Å²) in [5.74, 6) is -2.69. The Balaban J connectivity index is 2.48. The van der Waals surface area contributed by atoms with E-state index < -0.39 is 39.9 Å². The van der Waals surface area contributed by atoms with Crippen LogP contribution in [0.2, 0.25) is 0 Å². The number of aromatic carboxylic acids is 1. The zero-order valence-corrected chi connectivity index (χ0v) is 12.7. The number of thiophene rings is 1. The molecular weight excluding hydrogens is 320 g/mol. The van der Waals surface area contributed by atoms with E-state index in [0.29, 0.717) is 11.3 Å². The molecule has 2 rings (SSSR count). The molecule has 1 fully saturated rings. The largest absolute Gasteiger partial charge is 0.477 e. The van der Waals surface area contributed by atoms with E-state index >= 15 is 0 Å². The van der Waals surface area contributed by atoms with Crippen molar-refractivity contribution in [3.8, 4) is 0 Å². The van der Waals surface area contributed by atoms with Crippen molar-refractivity contribution < 1.29 is 27.9 Å². The van der Waals surface area contributed by atoms with Crippen LogP contribution < -0.4 is 5.32 Å². The SMILES string of the molecule is CC1(C)C(=O)NC(=O)CN1S(=O)(=O)c1ccc(C(=O)O)s1. The molecule has 1 aromatic rings. The second kappa shape index (κ2) is 4.90. The maximum Gasteiger partial charge on any atom is 0.345 e. The number of amides is 2. The second-order valence-corrected chi connectivity index (χ2v) is 8.04. The lowest BCUT2D eigenvalue weighted by Gasteiger charge is -2.38. The van der Waals surface area contributed by atoms with Crippen LogP contribution in [0.1, 0.15) is 23.5 Å². The topological polar surface area (TPSA) is 121 Å². The van der Waals surface area contributed by atoms with Gasteiger partial charge in [-0.3, -0.25) is 14.9 Å². The van der Waals surface area contributed by atoms with Crippen LogP contribution in [0.3, 0.4) is 0 Å². The summed E-state index contributed by atoms with van der Waals surface area (Å²) in [6.45, 7) is 2.25. The van der Waals surface area contributed by atoms with E-state index in [9.17, 15) is 22.8 Å². The molecule has 1 saturated heterocycles. The number of nitrogens with one attached hydrogen (secondary N) is 1. The molecule has 1 aromatic heterocycles. The van der Waals surface area contributed by atoms with Gasteiger partial charge in [-0.05, 0) is 26.0 Å². The van der Waals surface area contributed by atoms with E-state index in [1.165, 1.54) is 19.9 Å². The Kier molecular flexibility index (Phi) is 3.64. The highest BCUT2D eigenvalue weighted by Gasteiger charge is 2.48. The summed E-state index contributed by atoms with van der Waals surface area (Å²) in [6, 6.07) is 2.31. The fourth-order valence-electron chi connectivity index (χ4n) is 1.83. The van der Waals surface area contributed by atoms with E-state index in [4.69, 9.17) is 5.11 Å². The van der Waals surface area contributed by atoms with Crippen molar-refractivity contribution in [1.82, 2.24) is 9.62 Å². The van der Waals surface area contributed by atoms with E-state index in [-0.39, 0.29) is 9.09 Å². The van der Waals surface area contributed by atoms with Crippen molar-refractivity contribution in [2.24, 2.45) is 0 Å². The number of hydrogen-bond acceptors (Lipinski definition) is 6. The Labute approximate surface area is 124 Å². The summed E-state index contributed by atoms with van der Waals surface area (Å²) in [6.07, 6.45) is 0. The molecule has 1 aliphatic rings. The molecule has 0 unspecified atom stereocenters. The number of imide groups is 1. The lowest BCUT2D eigenvalue weighted by molar-refractivity contribution is -0.141. The number of nitrogens with zero attached hydrogens (tertiary/aromatic N) is 1. The van der Waals surface area contributed by atoms with Gasteiger partial charge in [0.1, 0.15) is 14.6 Å². The number of piperazine rings is 1. The van der Waals surface area contributed by atoms with Crippen LogP contribution in [0.4, 0.5) is 0 Å². The van der Waals surface area contributed by atoms with E-state index in [1.54, 1.807) is 0 Å². The van der Waals surface area contributed by atoms with E-state index in [2.05, 4.69) is 5.32 Å². The number of carboxylic acid groups (broad SMARTS) is 1. The lowest BCUT2D eigenvalue weighted by atomic mass is 10.0. The zero-order chi connectivity index (χ0) is 16.0. The van der Waals surface area contributed by atoms with Crippen molar-refractivity contribution in [1.29, 1.82) is 0 Å². The third-order valence-electron chi connectivity index (χ3n) is 3.06. The Bertz CT molecular complexity index is 734. The molecular formula is C11H12N2O6S2. The number of carbonyl (C=O) groups is 3. The molecule has 0 radical (unpaired) electrons. The van der Waals surface area contributed by atoms with Crippen LogP contribution in [-0.2, 0) is 19.6 Å². The summed E-state index contributed by atoms with van der Waals surface area (Å²) in [5, 5.41) is 10.9. The van der Waals surface area contributed by atoms with Gasteiger partial charge in [-0.15, -0.1) is 11.3 Å². The highest BCUT2D eigenvalue weighted by Crippen LogP contribution is 2.30. The Morgan fingerprint density at radius 3 is 2.52 bits per heavy atom. The first-order valence-corrected chi connectivity index (χ1v) is 8.02.